The number of benzene rings is 1. The Balaban J connectivity index is 2.48. The highest BCUT2D eigenvalue weighted by atomic mass is 16.6. The molecule has 1 saturated heterocycles. The second-order valence-electron chi connectivity index (χ2n) is 13.4. The molecule has 0 aliphatic carbocycles. The zero-order valence-corrected chi connectivity index (χ0v) is 24.2. The molecule has 1 heterocycles. The predicted octanol–water partition coefficient (Wildman–Crippen LogP) is 7.48. The summed E-state index contributed by atoms with van der Waals surface area (Å²) in [5.41, 5.74) is -1.74. The van der Waals surface area contributed by atoms with E-state index < -0.39 is 28.2 Å². The first-order valence-electron chi connectivity index (χ1n) is 13.4. The van der Waals surface area contributed by atoms with Crippen molar-refractivity contribution in [2.24, 2.45) is 27.1 Å². The maximum Gasteiger partial charge on any atom is 0.319 e. The fourth-order valence-corrected chi connectivity index (χ4v) is 6.35. The van der Waals surface area contributed by atoms with Gasteiger partial charge in [0.25, 0.3) is 0 Å². The van der Waals surface area contributed by atoms with Gasteiger partial charge in [-0.3, -0.25) is 14.4 Å². The van der Waals surface area contributed by atoms with E-state index >= 15 is 0 Å². The molecule has 36 heavy (non-hydrogen) atoms. The first-order chi connectivity index (χ1) is 16.5. The number of hydrogen-bond donors (Lipinski definition) is 0. The van der Waals surface area contributed by atoms with Crippen molar-refractivity contribution >= 4 is 17.9 Å². The summed E-state index contributed by atoms with van der Waals surface area (Å²) in [6, 6.07) is 10.3. The lowest BCUT2D eigenvalue weighted by Gasteiger charge is -2.47. The third kappa shape index (κ3) is 6.39. The molecule has 0 bridgehead atoms. The van der Waals surface area contributed by atoms with Gasteiger partial charge in [0.15, 0.2) is 0 Å². The number of carbonyl (C=O) groups is 3. The van der Waals surface area contributed by atoms with Crippen LogP contribution in [0.5, 0.6) is 0 Å². The summed E-state index contributed by atoms with van der Waals surface area (Å²) in [5.74, 6) is -1.23. The van der Waals surface area contributed by atoms with Crippen molar-refractivity contribution in [3.05, 3.63) is 35.9 Å². The monoisotopic (exact) mass is 500 g/mol. The van der Waals surface area contributed by atoms with Crippen molar-refractivity contribution in [2.75, 3.05) is 7.11 Å². The summed E-state index contributed by atoms with van der Waals surface area (Å²) in [7, 11) is 1.39. The Bertz CT molecular complexity index is 949. The molecule has 0 spiro atoms. The predicted molar refractivity (Wildman–Crippen MR) is 143 cm³/mol. The molecule has 0 radical (unpaired) electrons. The number of cyclic esters (lactones) is 2. The van der Waals surface area contributed by atoms with Gasteiger partial charge in [-0.1, -0.05) is 84.7 Å². The van der Waals surface area contributed by atoms with Gasteiger partial charge < -0.3 is 9.47 Å². The van der Waals surface area contributed by atoms with Gasteiger partial charge in [-0.25, -0.2) is 0 Å². The molecule has 5 nitrogen and oxygen atoms in total. The minimum atomic E-state index is -0.993. The highest BCUT2D eigenvalue weighted by Crippen LogP contribution is 2.55. The Hall–Kier alpha value is -2.17. The number of esters is 3. The number of hydrogen-bond acceptors (Lipinski definition) is 5. The quantitative estimate of drug-likeness (QED) is 0.233. The summed E-state index contributed by atoms with van der Waals surface area (Å²) in [5, 5.41) is 0. The normalized spacial score (nSPS) is 25.6. The molecule has 0 aromatic heterocycles. The van der Waals surface area contributed by atoms with Crippen LogP contribution in [0.25, 0.3) is 0 Å². The van der Waals surface area contributed by atoms with Crippen molar-refractivity contribution < 1.29 is 23.9 Å². The third-order valence-electron chi connectivity index (χ3n) is 8.95. The number of carbonyl (C=O) groups excluding carboxylic acids is 3. The fourth-order valence-electron chi connectivity index (χ4n) is 6.35. The van der Waals surface area contributed by atoms with Crippen molar-refractivity contribution in [2.45, 2.75) is 107 Å². The van der Waals surface area contributed by atoms with Gasteiger partial charge in [0.2, 0.25) is 0 Å². The second kappa shape index (κ2) is 10.7. The lowest BCUT2D eigenvalue weighted by Crippen LogP contribution is -2.52. The first-order valence-corrected chi connectivity index (χ1v) is 13.4. The highest BCUT2D eigenvalue weighted by Gasteiger charge is 2.57. The van der Waals surface area contributed by atoms with Crippen LogP contribution in [0, 0.1) is 27.1 Å². The third-order valence-corrected chi connectivity index (χ3v) is 8.95. The number of methoxy groups -OCH3 is 1. The molecule has 2 rings (SSSR count). The van der Waals surface area contributed by atoms with Gasteiger partial charge in [0.1, 0.15) is 0 Å². The van der Waals surface area contributed by atoms with Crippen molar-refractivity contribution in [1.29, 1.82) is 0 Å². The molecule has 202 valence electrons. The molecule has 1 fully saturated rings. The average Bonchev–Trinajstić information content (AvgIpc) is 2.81. The summed E-state index contributed by atoms with van der Waals surface area (Å²) < 4.78 is 10.7. The standard InChI is InChI=1S/C31H48O5/c1-11-27(3,4)19-30(8,24(32)35-10)21-31(9)20-29(7,25(33)36-26(31)34)18-23(28(5,6)12-2)22-16-14-13-15-17-22/h13-17,23H,11-12,18-21H2,1-10H3. The van der Waals surface area contributed by atoms with Gasteiger partial charge in [0, 0.05) is 0 Å². The van der Waals surface area contributed by atoms with Gasteiger partial charge in [0.05, 0.1) is 23.4 Å². The molecule has 4 atom stereocenters. The molecule has 0 N–H and O–H groups in total. The number of rotatable bonds is 11. The topological polar surface area (TPSA) is 69.7 Å². The Kier molecular flexibility index (Phi) is 8.91. The highest BCUT2D eigenvalue weighted by molar-refractivity contribution is 5.95. The van der Waals surface area contributed by atoms with Crippen LogP contribution >= 0.6 is 0 Å². The minimum Gasteiger partial charge on any atom is -0.469 e. The maximum atomic E-state index is 13.3. The molecule has 0 saturated carbocycles. The van der Waals surface area contributed by atoms with Gasteiger partial charge >= 0.3 is 17.9 Å². The Morgan fingerprint density at radius 2 is 1.53 bits per heavy atom. The van der Waals surface area contributed by atoms with E-state index in [0.29, 0.717) is 19.3 Å². The van der Waals surface area contributed by atoms with Crippen molar-refractivity contribution in [3.8, 4) is 0 Å². The van der Waals surface area contributed by atoms with E-state index in [2.05, 4.69) is 53.7 Å². The largest absolute Gasteiger partial charge is 0.469 e. The lowest BCUT2D eigenvalue weighted by atomic mass is 9.58. The van der Waals surface area contributed by atoms with Crippen LogP contribution in [0.4, 0.5) is 0 Å². The molecule has 0 amide bonds. The van der Waals surface area contributed by atoms with Crippen LogP contribution in [0.3, 0.4) is 0 Å². The first kappa shape index (κ1) is 30.1. The summed E-state index contributed by atoms with van der Waals surface area (Å²) in [4.78, 5) is 39.6. The summed E-state index contributed by atoms with van der Waals surface area (Å²) >= 11 is 0. The van der Waals surface area contributed by atoms with Crippen LogP contribution in [-0.4, -0.2) is 25.0 Å². The lowest BCUT2D eigenvalue weighted by molar-refractivity contribution is -0.189. The molecular weight excluding hydrogens is 452 g/mol. The van der Waals surface area contributed by atoms with E-state index in [0.717, 1.165) is 12.8 Å². The maximum absolute atomic E-state index is 13.3. The van der Waals surface area contributed by atoms with Gasteiger partial charge in [-0.05, 0) is 68.8 Å². The Morgan fingerprint density at radius 1 is 0.972 bits per heavy atom. The zero-order valence-electron chi connectivity index (χ0n) is 24.2. The Labute approximate surface area is 218 Å². The smallest absolute Gasteiger partial charge is 0.319 e. The average molecular weight is 501 g/mol. The van der Waals surface area contributed by atoms with E-state index in [4.69, 9.17) is 9.47 Å². The van der Waals surface area contributed by atoms with E-state index in [9.17, 15) is 14.4 Å². The molecule has 5 heteroatoms. The number of ether oxygens (including phenoxy) is 2. The molecular formula is C31H48O5. The van der Waals surface area contributed by atoms with Gasteiger partial charge in [-0.2, -0.15) is 0 Å². The van der Waals surface area contributed by atoms with Crippen LogP contribution < -0.4 is 0 Å². The molecule has 1 aromatic carbocycles. The SMILES string of the molecule is CCC(C)(C)CC(C)(CC1(C)CC(C)(CC(c2ccccc2)C(C)(C)CC)C(=O)OC1=O)C(=O)OC. The van der Waals surface area contributed by atoms with Crippen molar-refractivity contribution in [3.63, 3.8) is 0 Å². The van der Waals surface area contributed by atoms with E-state index in [1.54, 1.807) is 0 Å². The molecule has 1 aliphatic rings. The van der Waals surface area contributed by atoms with Crippen molar-refractivity contribution in [1.82, 2.24) is 0 Å². The zero-order chi connectivity index (χ0) is 27.6. The van der Waals surface area contributed by atoms with E-state index in [-0.39, 0.29) is 29.1 Å². The molecule has 1 aromatic rings. The Morgan fingerprint density at radius 3 is 2.03 bits per heavy atom. The van der Waals surface area contributed by atoms with Gasteiger partial charge in [-0.15, -0.1) is 0 Å². The summed E-state index contributed by atoms with van der Waals surface area (Å²) in [6.07, 6.45) is 3.58. The van der Waals surface area contributed by atoms with Crippen LogP contribution in [0.1, 0.15) is 112 Å². The minimum absolute atomic E-state index is 0.0613. The molecule has 4 unspecified atom stereocenters. The molecule has 1 aliphatic heterocycles. The van der Waals surface area contributed by atoms with E-state index in [1.807, 2.05) is 39.0 Å². The fraction of sp³-hybridized carbons (Fsp3) is 0.710. The van der Waals surface area contributed by atoms with Crippen LogP contribution in [-0.2, 0) is 23.9 Å². The van der Waals surface area contributed by atoms with Crippen LogP contribution in [0.15, 0.2) is 30.3 Å². The van der Waals surface area contributed by atoms with Crippen LogP contribution in [0.2, 0.25) is 0 Å². The summed E-state index contributed by atoms with van der Waals surface area (Å²) in [6.45, 7) is 18.6. The van der Waals surface area contributed by atoms with E-state index in [1.165, 1.54) is 12.7 Å². The second-order valence-corrected chi connectivity index (χ2v) is 13.4.